The second-order valence-electron chi connectivity index (χ2n) is 7.64. The number of anilines is 3. The highest BCUT2D eigenvalue weighted by Crippen LogP contribution is 2.32. The first-order chi connectivity index (χ1) is 14.7. The lowest BCUT2D eigenvalue weighted by molar-refractivity contribution is -0.111. The average molecular weight is 408 g/mol. The first-order valence-electron chi connectivity index (χ1n) is 10.5. The van der Waals surface area contributed by atoms with Crippen molar-refractivity contribution in [2.24, 2.45) is 0 Å². The summed E-state index contributed by atoms with van der Waals surface area (Å²) in [6.45, 7) is 8.32. The summed E-state index contributed by atoms with van der Waals surface area (Å²) >= 11 is 0. The molecule has 0 aliphatic carbocycles. The lowest BCUT2D eigenvalue weighted by Crippen LogP contribution is -2.38. The Morgan fingerprint density at radius 2 is 1.63 bits per heavy atom. The minimum atomic E-state index is -0.134. The van der Waals surface area contributed by atoms with Crippen molar-refractivity contribution in [3.8, 4) is 0 Å². The number of hydrogen-bond donors (Lipinski definition) is 1. The molecule has 6 nitrogen and oxygen atoms in total. The van der Waals surface area contributed by atoms with E-state index >= 15 is 0 Å². The largest absolute Gasteiger partial charge is 0.378 e. The Bertz CT molecular complexity index is 900. The molecule has 0 unspecified atom stereocenters. The van der Waals surface area contributed by atoms with Gasteiger partial charge in [-0.1, -0.05) is 29.8 Å². The van der Waals surface area contributed by atoms with Gasteiger partial charge >= 0.3 is 0 Å². The topological polar surface area (TPSA) is 54.0 Å². The van der Waals surface area contributed by atoms with Crippen LogP contribution in [0.15, 0.2) is 48.5 Å². The molecule has 2 saturated heterocycles. The monoisotopic (exact) mass is 407 g/mol. The van der Waals surface area contributed by atoms with Crippen molar-refractivity contribution in [3.63, 3.8) is 0 Å². The number of hydrogen-bond acceptors (Lipinski definition) is 5. The fraction of sp³-hybridized carbons (Fsp3) is 0.375. The van der Waals surface area contributed by atoms with Gasteiger partial charge in [0.1, 0.15) is 0 Å². The van der Waals surface area contributed by atoms with Crippen molar-refractivity contribution < 1.29 is 14.3 Å². The van der Waals surface area contributed by atoms with Crippen LogP contribution in [0.2, 0.25) is 0 Å². The molecule has 1 N–H and O–H groups in total. The Balaban J connectivity index is 1.53. The van der Waals surface area contributed by atoms with Gasteiger partial charge in [-0.2, -0.15) is 0 Å². The van der Waals surface area contributed by atoms with E-state index in [-0.39, 0.29) is 5.91 Å². The van der Waals surface area contributed by atoms with Gasteiger partial charge in [-0.05, 0) is 36.8 Å². The molecule has 2 aromatic rings. The standard InChI is InChI=1S/C24H29N3O3/c1-19-3-2-4-20(17-19)5-8-24(28)25-22-7-6-21(26-9-13-29-14-10-26)18-23(22)27-11-15-30-16-12-27/h2-8,17-18H,9-16H2,1H3,(H,25,28)/b8-5+. The number of amides is 1. The van der Waals surface area contributed by atoms with Crippen LogP contribution in [0.5, 0.6) is 0 Å². The number of morpholine rings is 2. The highest BCUT2D eigenvalue weighted by Gasteiger charge is 2.19. The summed E-state index contributed by atoms with van der Waals surface area (Å²) in [6, 6.07) is 14.3. The molecule has 0 spiro atoms. The summed E-state index contributed by atoms with van der Waals surface area (Å²) in [6.07, 6.45) is 3.44. The van der Waals surface area contributed by atoms with Gasteiger partial charge in [0.15, 0.2) is 0 Å². The van der Waals surface area contributed by atoms with E-state index in [1.807, 2.05) is 37.3 Å². The number of benzene rings is 2. The molecular formula is C24H29N3O3. The summed E-state index contributed by atoms with van der Waals surface area (Å²) < 4.78 is 11.0. The minimum absolute atomic E-state index is 0.134. The second kappa shape index (κ2) is 9.78. The third-order valence-corrected chi connectivity index (χ3v) is 5.44. The van der Waals surface area contributed by atoms with E-state index in [0.29, 0.717) is 13.2 Å². The zero-order valence-electron chi connectivity index (χ0n) is 17.5. The summed E-state index contributed by atoms with van der Waals surface area (Å²) in [7, 11) is 0. The Hall–Kier alpha value is -2.83. The number of rotatable bonds is 5. The highest BCUT2D eigenvalue weighted by atomic mass is 16.5. The molecule has 2 aliphatic rings. The lowest BCUT2D eigenvalue weighted by atomic mass is 10.1. The van der Waals surface area contributed by atoms with Crippen molar-refractivity contribution >= 4 is 29.0 Å². The summed E-state index contributed by atoms with van der Waals surface area (Å²) in [5, 5.41) is 3.07. The molecule has 0 radical (unpaired) electrons. The van der Waals surface area contributed by atoms with Gasteiger partial charge in [0.05, 0.1) is 37.8 Å². The Morgan fingerprint density at radius 1 is 0.933 bits per heavy atom. The van der Waals surface area contributed by atoms with Crippen LogP contribution in [-0.4, -0.2) is 58.5 Å². The molecule has 0 aromatic heterocycles. The van der Waals surface area contributed by atoms with Gasteiger partial charge in [-0.25, -0.2) is 0 Å². The first-order valence-corrected chi connectivity index (χ1v) is 10.5. The van der Waals surface area contributed by atoms with Gasteiger partial charge in [0.25, 0.3) is 0 Å². The van der Waals surface area contributed by atoms with E-state index in [4.69, 9.17) is 9.47 Å². The summed E-state index contributed by atoms with van der Waals surface area (Å²) in [4.78, 5) is 17.2. The van der Waals surface area contributed by atoms with Crippen molar-refractivity contribution in [1.82, 2.24) is 0 Å². The smallest absolute Gasteiger partial charge is 0.248 e. The number of carbonyl (C=O) groups is 1. The van der Waals surface area contributed by atoms with Crippen molar-refractivity contribution in [3.05, 3.63) is 59.7 Å². The van der Waals surface area contributed by atoms with Gasteiger partial charge in [-0.15, -0.1) is 0 Å². The summed E-state index contributed by atoms with van der Waals surface area (Å²) in [5.74, 6) is -0.134. The minimum Gasteiger partial charge on any atom is -0.378 e. The van der Waals surface area contributed by atoms with E-state index in [9.17, 15) is 4.79 Å². The molecule has 0 saturated carbocycles. The predicted molar refractivity (Wildman–Crippen MR) is 121 cm³/mol. The maximum Gasteiger partial charge on any atom is 0.248 e. The number of aryl methyl sites for hydroxylation is 1. The van der Waals surface area contributed by atoms with Crippen LogP contribution in [-0.2, 0) is 14.3 Å². The molecular weight excluding hydrogens is 378 g/mol. The first kappa shape index (κ1) is 20.4. The SMILES string of the molecule is Cc1cccc(/C=C/C(=O)Nc2ccc(N3CCOCC3)cc2N2CCOCC2)c1. The van der Waals surface area contributed by atoms with Crippen LogP contribution in [0.25, 0.3) is 6.08 Å². The highest BCUT2D eigenvalue weighted by molar-refractivity contribution is 6.04. The lowest BCUT2D eigenvalue weighted by Gasteiger charge is -2.33. The normalized spacial score (nSPS) is 17.4. The molecule has 2 heterocycles. The molecule has 2 aromatic carbocycles. The Morgan fingerprint density at radius 3 is 2.33 bits per heavy atom. The van der Waals surface area contributed by atoms with Gasteiger partial charge in [-0.3, -0.25) is 4.79 Å². The second-order valence-corrected chi connectivity index (χ2v) is 7.64. The molecule has 0 atom stereocenters. The van der Waals surface area contributed by atoms with Crippen molar-refractivity contribution in [1.29, 1.82) is 0 Å². The van der Waals surface area contributed by atoms with Crippen LogP contribution in [0.4, 0.5) is 17.1 Å². The van der Waals surface area contributed by atoms with Crippen LogP contribution < -0.4 is 15.1 Å². The third-order valence-electron chi connectivity index (χ3n) is 5.44. The van der Waals surface area contributed by atoms with E-state index in [0.717, 1.165) is 62.0 Å². The fourth-order valence-corrected chi connectivity index (χ4v) is 3.83. The molecule has 1 amide bonds. The molecule has 2 fully saturated rings. The van der Waals surface area contributed by atoms with Crippen LogP contribution in [0, 0.1) is 6.92 Å². The molecule has 30 heavy (non-hydrogen) atoms. The van der Waals surface area contributed by atoms with Crippen LogP contribution >= 0.6 is 0 Å². The molecule has 0 bridgehead atoms. The predicted octanol–water partition coefficient (Wildman–Crippen LogP) is 3.32. The maximum absolute atomic E-state index is 12.6. The number of carbonyl (C=O) groups excluding carboxylic acids is 1. The van der Waals surface area contributed by atoms with Crippen molar-refractivity contribution in [2.45, 2.75) is 6.92 Å². The Kier molecular flexibility index (Phi) is 6.67. The van der Waals surface area contributed by atoms with E-state index in [1.54, 1.807) is 6.08 Å². The van der Waals surface area contributed by atoms with Gasteiger partial charge < -0.3 is 24.6 Å². The molecule has 2 aliphatic heterocycles. The number of nitrogens with one attached hydrogen (secondary N) is 1. The van der Waals surface area contributed by atoms with Gasteiger partial charge in [0.2, 0.25) is 5.91 Å². The number of ether oxygens (including phenoxy) is 2. The zero-order chi connectivity index (χ0) is 20.8. The quantitative estimate of drug-likeness (QED) is 0.771. The summed E-state index contributed by atoms with van der Waals surface area (Å²) in [5.41, 5.74) is 5.22. The molecule has 6 heteroatoms. The molecule has 158 valence electrons. The van der Waals surface area contributed by atoms with E-state index < -0.39 is 0 Å². The van der Waals surface area contributed by atoms with Crippen LogP contribution in [0.3, 0.4) is 0 Å². The van der Waals surface area contributed by atoms with E-state index in [1.165, 1.54) is 5.56 Å². The Labute approximate surface area is 178 Å². The average Bonchev–Trinajstić information content (AvgIpc) is 2.79. The number of nitrogens with zero attached hydrogens (tertiary/aromatic N) is 2. The molecule has 4 rings (SSSR count). The van der Waals surface area contributed by atoms with Crippen LogP contribution in [0.1, 0.15) is 11.1 Å². The zero-order valence-corrected chi connectivity index (χ0v) is 17.5. The van der Waals surface area contributed by atoms with Gasteiger partial charge in [0, 0.05) is 37.9 Å². The van der Waals surface area contributed by atoms with Crippen molar-refractivity contribution in [2.75, 3.05) is 67.7 Å². The fourth-order valence-electron chi connectivity index (χ4n) is 3.83. The third kappa shape index (κ3) is 5.20. The van der Waals surface area contributed by atoms with E-state index in [2.05, 4.69) is 33.3 Å². The maximum atomic E-state index is 12.6.